The Kier molecular flexibility index (Phi) is 4.50. The van der Waals surface area contributed by atoms with Crippen LogP contribution in [0, 0.1) is 6.92 Å². The van der Waals surface area contributed by atoms with Crippen molar-refractivity contribution in [2.75, 3.05) is 19.8 Å². The van der Waals surface area contributed by atoms with E-state index < -0.39 is 0 Å². The number of aryl methyl sites for hydroxylation is 1. The molecule has 2 aromatic carbocycles. The first-order valence-corrected chi connectivity index (χ1v) is 8.56. The van der Waals surface area contributed by atoms with Crippen molar-refractivity contribution < 1.29 is 13.9 Å². The molecule has 3 aromatic rings. The Bertz CT molecular complexity index is 907. The highest BCUT2D eigenvalue weighted by Gasteiger charge is 2.29. The van der Waals surface area contributed by atoms with E-state index in [1.165, 1.54) is 0 Å². The number of benzene rings is 2. The van der Waals surface area contributed by atoms with E-state index in [4.69, 9.17) is 9.15 Å². The molecule has 0 radical (unpaired) electrons. The van der Waals surface area contributed by atoms with Gasteiger partial charge in [0.2, 0.25) is 11.8 Å². The van der Waals surface area contributed by atoms with Gasteiger partial charge in [-0.1, -0.05) is 36.4 Å². The second-order valence-electron chi connectivity index (χ2n) is 6.21. The van der Waals surface area contributed by atoms with Crippen LogP contribution in [0.15, 0.2) is 59.0 Å². The molecule has 0 saturated carbocycles. The molecule has 1 fully saturated rings. The number of carbonyl (C=O) groups excluding carboxylic acids is 1. The Morgan fingerprint density at radius 1 is 1.12 bits per heavy atom. The van der Waals surface area contributed by atoms with Gasteiger partial charge in [-0.05, 0) is 23.8 Å². The second-order valence-corrected chi connectivity index (χ2v) is 6.21. The molecule has 0 N–H and O–H groups in total. The molecule has 4 rings (SSSR count). The number of morpholine rings is 1. The maximum Gasteiger partial charge on any atom is 0.254 e. The molecule has 0 unspecified atom stereocenters. The SMILES string of the molecule is Cc1nnc(-c2cccc(C(=O)N3CCOC[C@@H]3c3ccccc3)c2)o1. The summed E-state index contributed by atoms with van der Waals surface area (Å²) >= 11 is 0. The summed E-state index contributed by atoms with van der Waals surface area (Å²) in [5, 5.41) is 7.88. The molecule has 2 heterocycles. The van der Waals surface area contributed by atoms with Crippen molar-refractivity contribution in [2.45, 2.75) is 13.0 Å². The third kappa shape index (κ3) is 3.23. The zero-order chi connectivity index (χ0) is 17.9. The Morgan fingerprint density at radius 3 is 2.73 bits per heavy atom. The van der Waals surface area contributed by atoms with Gasteiger partial charge in [0, 0.05) is 24.6 Å². The topological polar surface area (TPSA) is 68.5 Å². The summed E-state index contributed by atoms with van der Waals surface area (Å²) in [6.45, 7) is 3.34. The van der Waals surface area contributed by atoms with E-state index >= 15 is 0 Å². The summed E-state index contributed by atoms with van der Waals surface area (Å²) in [5.41, 5.74) is 2.41. The summed E-state index contributed by atoms with van der Waals surface area (Å²) < 4.78 is 11.1. The molecule has 26 heavy (non-hydrogen) atoms. The molecular formula is C20H19N3O3. The van der Waals surface area contributed by atoms with Gasteiger partial charge in [-0.25, -0.2) is 0 Å². The van der Waals surface area contributed by atoms with E-state index in [1.807, 2.05) is 53.4 Å². The molecule has 1 saturated heterocycles. The lowest BCUT2D eigenvalue weighted by Gasteiger charge is -2.36. The van der Waals surface area contributed by atoms with E-state index in [0.717, 1.165) is 11.1 Å². The summed E-state index contributed by atoms with van der Waals surface area (Å²) in [6, 6.07) is 17.2. The van der Waals surface area contributed by atoms with E-state index in [-0.39, 0.29) is 11.9 Å². The first-order valence-electron chi connectivity index (χ1n) is 8.56. The first kappa shape index (κ1) is 16.5. The zero-order valence-electron chi connectivity index (χ0n) is 14.5. The van der Waals surface area contributed by atoms with Crippen LogP contribution in [-0.4, -0.2) is 40.8 Å². The number of aromatic nitrogens is 2. The van der Waals surface area contributed by atoms with E-state index in [0.29, 0.717) is 37.1 Å². The van der Waals surface area contributed by atoms with Gasteiger partial charge in [0.15, 0.2) is 0 Å². The lowest BCUT2D eigenvalue weighted by atomic mass is 10.0. The lowest BCUT2D eigenvalue weighted by Crippen LogP contribution is -2.43. The predicted molar refractivity (Wildman–Crippen MR) is 95.5 cm³/mol. The van der Waals surface area contributed by atoms with Gasteiger partial charge in [-0.3, -0.25) is 4.79 Å². The minimum atomic E-state index is -0.0910. The van der Waals surface area contributed by atoms with Crippen LogP contribution >= 0.6 is 0 Å². The van der Waals surface area contributed by atoms with Gasteiger partial charge in [-0.15, -0.1) is 10.2 Å². The van der Waals surface area contributed by atoms with Crippen molar-refractivity contribution in [1.82, 2.24) is 15.1 Å². The van der Waals surface area contributed by atoms with Crippen LogP contribution in [0.3, 0.4) is 0 Å². The Labute approximate surface area is 151 Å². The van der Waals surface area contributed by atoms with Gasteiger partial charge in [-0.2, -0.15) is 0 Å². The normalized spacial score (nSPS) is 17.3. The molecule has 1 aromatic heterocycles. The highest BCUT2D eigenvalue weighted by Crippen LogP contribution is 2.27. The van der Waals surface area contributed by atoms with E-state index in [2.05, 4.69) is 10.2 Å². The van der Waals surface area contributed by atoms with Crippen molar-refractivity contribution in [3.05, 3.63) is 71.6 Å². The maximum absolute atomic E-state index is 13.2. The van der Waals surface area contributed by atoms with E-state index in [1.54, 1.807) is 13.0 Å². The lowest BCUT2D eigenvalue weighted by molar-refractivity contribution is -0.00269. The number of hydrogen-bond donors (Lipinski definition) is 0. The van der Waals surface area contributed by atoms with Crippen LogP contribution in [0.5, 0.6) is 0 Å². The third-order valence-corrected chi connectivity index (χ3v) is 4.46. The fourth-order valence-corrected chi connectivity index (χ4v) is 3.16. The smallest absolute Gasteiger partial charge is 0.254 e. The van der Waals surface area contributed by atoms with Crippen molar-refractivity contribution in [3.63, 3.8) is 0 Å². The van der Waals surface area contributed by atoms with Crippen molar-refractivity contribution in [3.8, 4) is 11.5 Å². The Hall–Kier alpha value is -2.99. The Morgan fingerprint density at radius 2 is 1.96 bits per heavy atom. The zero-order valence-corrected chi connectivity index (χ0v) is 14.5. The molecular weight excluding hydrogens is 330 g/mol. The van der Waals surface area contributed by atoms with Crippen LogP contribution in [-0.2, 0) is 4.74 Å². The van der Waals surface area contributed by atoms with Crippen LogP contribution in [0.1, 0.15) is 27.9 Å². The molecule has 6 nitrogen and oxygen atoms in total. The molecule has 1 aliphatic rings. The molecule has 1 amide bonds. The minimum Gasteiger partial charge on any atom is -0.421 e. The van der Waals surface area contributed by atoms with Gasteiger partial charge < -0.3 is 14.1 Å². The van der Waals surface area contributed by atoms with Gasteiger partial charge in [0.05, 0.1) is 19.3 Å². The average molecular weight is 349 g/mol. The summed E-state index contributed by atoms with van der Waals surface area (Å²) in [7, 11) is 0. The van der Waals surface area contributed by atoms with Crippen molar-refractivity contribution in [1.29, 1.82) is 0 Å². The van der Waals surface area contributed by atoms with E-state index in [9.17, 15) is 4.79 Å². The van der Waals surface area contributed by atoms with Crippen LogP contribution in [0.4, 0.5) is 0 Å². The number of rotatable bonds is 3. The van der Waals surface area contributed by atoms with Crippen molar-refractivity contribution in [2.24, 2.45) is 0 Å². The van der Waals surface area contributed by atoms with Crippen LogP contribution < -0.4 is 0 Å². The predicted octanol–water partition coefficient (Wildman–Crippen LogP) is 3.26. The largest absolute Gasteiger partial charge is 0.421 e. The van der Waals surface area contributed by atoms with Gasteiger partial charge in [0.1, 0.15) is 0 Å². The number of amides is 1. The summed E-state index contributed by atoms with van der Waals surface area (Å²) in [5.74, 6) is 0.882. The number of carbonyl (C=O) groups is 1. The molecule has 0 spiro atoms. The molecule has 132 valence electrons. The number of ether oxygens (including phenoxy) is 1. The van der Waals surface area contributed by atoms with Crippen LogP contribution in [0.25, 0.3) is 11.5 Å². The monoisotopic (exact) mass is 349 g/mol. The molecule has 6 heteroatoms. The molecule has 1 aliphatic heterocycles. The quantitative estimate of drug-likeness (QED) is 0.726. The minimum absolute atomic E-state index is 0.0276. The number of nitrogens with zero attached hydrogens (tertiary/aromatic N) is 3. The maximum atomic E-state index is 13.2. The summed E-state index contributed by atoms with van der Waals surface area (Å²) in [4.78, 5) is 15.0. The highest BCUT2D eigenvalue weighted by molar-refractivity contribution is 5.95. The fourth-order valence-electron chi connectivity index (χ4n) is 3.16. The standard InChI is InChI=1S/C20H19N3O3/c1-14-21-22-19(26-14)16-8-5-9-17(12-16)20(24)23-10-11-25-13-18(23)15-6-3-2-4-7-15/h2-9,12,18H,10-11,13H2,1H3/t18-/m1/s1. The fraction of sp³-hybridized carbons (Fsp3) is 0.250. The molecule has 1 atom stereocenters. The molecule has 0 aliphatic carbocycles. The molecule has 0 bridgehead atoms. The van der Waals surface area contributed by atoms with Gasteiger partial charge in [0.25, 0.3) is 5.91 Å². The van der Waals surface area contributed by atoms with Crippen molar-refractivity contribution >= 4 is 5.91 Å². The first-order chi connectivity index (χ1) is 12.7. The average Bonchev–Trinajstić information content (AvgIpc) is 3.15. The van der Waals surface area contributed by atoms with Gasteiger partial charge >= 0.3 is 0 Å². The highest BCUT2D eigenvalue weighted by atomic mass is 16.5. The number of hydrogen-bond acceptors (Lipinski definition) is 5. The third-order valence-electron chi connectivity index (χ3n) is 4.46. The second kappa shape index (κ2) is 7.09. The summed E-state index contributed by atoms with van der Waals surface area (Å²) in [6.07, 6.45) is 0. The Balaban J connectivity index is 1.63. The van der Waals surface area contributed by atoms with Crippen LogP contribution in [0.2, 0.25) is 0 Å².